The van der Waals surface area contributed by atoms with Gasteiger partial charge < -0.3 is 15.4 Å². The summed E-state index contributed by atoms with van der Waals surface area (Å²) >= 11 is 0. The maximum Gasteiger partial charge on any atom is 0.328 e. The average molecular weight is 314 g/mol. The number of ether oxygens (including phenoxy) is 1. The minimum Gasteiger partial charge on any atom is -0.464 e. The van der Waals surface area contributed by atoms with Crippen LogP contribution in [0, 0.1) is 11.8 Å². The maximum atomic E-state index is 12.3. The number of unbranched alkanes of at least 4 members (excludes halogenated alkanes) is 1. The number of nitrogens with one attached hydrogen (secondary N) is 2. The minimum atomic E-state index is -0.709. The van der Waals surface area contributed by atoms with Gasteiger partial charge in [-0.15, -0.1) is 0 Å². The van der Waals surface area contributed by atoms with E-state index in [0.717, 1.165) is 12.8 Å². The van der Waals surface area contributed by atoms with E-state index in [2.05, 4.69) is 10.6 Å². The summed E-state index contributed by atoms with van der Waals surface area (Å²) in [5, 5.41) is 5.31. The summed E-state index contributed by atoms with van der Waals surface area (Å²) in [7, 11) is 0. The molecule has 2 amide bonds. The molecule has 0 aliphatic rings. The first-order valence-electron chi connectivity index (χ1n) is 7.94. The molecule has 0 fully saturated rings. The van der Waals surface area contributed by atoms with Gasteiger partial charge in [-0.3, -0.25) is 9.59 Å². The molecule has 0 bridgehead atoms. The summed E-state index contributed by atoms with van der Waals surface area (Å²) in [4.78, 5) is 35.6. The van der Waals surface area contributed by atoms with Crippen molar-refractivity contribution in [3.8, 4) is 0 Å². The van der Waals surface area contributed by atoms with Crippen LogP contribution in [0.2, 0.25) is 0 Å². The molecule has 0 aromatic rings. The highest BCUT2D eigenvalue weighted by molar-refractivity contribution is 5.90. The van der Waals surface area contributed by atoms with Crippen molar-refractivity contribution in [1.29, 1.82) is 0 Å². The van der Waals surface area contributed by atoms with Gasteiger partial charge in [0.1, 0.15) is 12.1 Å². The van der Waals surface area contributed by atoms with Crippen LogP contribution in [-0.4, -0.2) is 36.5 Å². The smallest absolute Gasteiger partial charge is 0.328 e. The standard InChI is InChI=1S/C16H30N2O4/c1-7-8-9-22-16(21)14(11(4)5)18-15(20)13(10(2)3)17-12(6)19/h10-11,13-14H,7-9H2,1-6H3,(H,17,19)(H,18,20)/t13-,14-/m0/s1. The van der Waals surface area contributed by atoms with Gasteiger partial charge in [-0.05, 0) is 18.3 Å². The molecule has 0 heterocycles. The second-order valence-corrected chi connectivity index (χ2v) is 6.17. The predicted molar refractivity (Wildman–Crippen MR) is 85.1 cm³/mol. The van der Waals surface area contributed by atoms with Gasteiger partial charge in [0.05, 0.1) is 6.61 Å². The molecular weight excluding hydrogens is 284 g/mol. The Morgan fingerprint density at radius 3 is 1.91 bits per heavy atom. The summed E-state index contributed by atoms with van der Waals surface area (Å²) in [5.74, 6) is -1.24. The SMILES string of the molecule is CCCCOC(=O)[C@@H](NC(=O)[C@@H](NC(C)=O)C(C)C)C(C)C. The number of hydrogen-bond donors (Lipinski definition) is 2. The average Bonchev–Trinajstić information content (AvgIpc) is 2.41. The Morgan fingerprint density at radius 1 is 0.955 bits per heavy atom. The molecule has 0 radical (unpaired) electrons. The van der Waals surface area contributed by atoms with Gasteiger partial charge in [-0.2, -0.15) is 0 Å². The molecule has 0 rings (SSSR count). The van der Waals surface area contributed by atoms with E-state index >= 15 is 0 Å². The Hall–Kier alpha value is -1.59. The Labute approximate surface area is 133 Å². The Morgan fingerprint density at radius 2 is 1.50 bits per heavy atom. The van der Waals surface area contributed by atoms with Crippen LogP contribution < -0.4 is 10.6 Å². The Bertz CT molecular complexity index is 380. The highest BCUT2D eigenvalue weighted by atomic mass is 16.5. The van der Waals surface area contributed by atoms with Crippen molar-refractivity contribution in [2.24, 2.45) is 11.8 Å². The zero-order valence-corrected chi connectivity index (χ0v) is 14.6. The van der Waals surface area contributed by atoms with Crippen molar-refractivity contribution in [1.82, 2.24) is 10.6 Å². The fourth-order valence-electron chi connectivity index (χ4n) is 1.90. The number of carbonyl (C=O) groups excluding carboxylic acids is 3. The molecular formula is C16H30N2O4. The van der Waals surface area contributed by atoms with Crippen LogP contribution >= 0.6 is 0 Å². The van der Waals surface area contributed by atoms with Crippen LogP contribution in [-0.2, 0) is 19.1 Å². The first kappa shape index (κ1) is 20.4. The topological polar surface area (TPSA) is 84.5 Å². The quantitative estimate of drug-likeness (QED) is 0.500. The van der Waals surface area contributed by atoms with Crippen molar-refractivity contribution in [2.45, 2.75) is 66.5 Å². The van der Waals surface area contributed by atoms with E-state index in [1.165, 1.54) is 6.92 Å². The molecule has 0 saturated heterocycles. The van der Waals surface area contributed by atoms with Gasteiger partial charge in [-0.25, -0.2) is 4.79 Å². The van der Waals surface area contributed by atoms with E-state index < -0.39 is 18.1 Å². The monoisotopic (exact) mass is 314 g/mol. The highest BCUT2D eigenvalue weighted by Crippen LogP contribution is 2.08. The predicted octanol–water partition coefficient (Wildman–Crippen LogP) is 1.63. The summed E-state index contributed by atoms with van der Waals surface area (Å²) in [6.45, 7) is 11.1. The van der Waals surface area contributed by atoms with E-state index in [1.54, 1.807) is 0 Å². The van der Waals surface area contributed by atoms with Crippen LogP contribution in [0.25, 0.3) is 0 Å². The van der Waals surface area contributed by atoms with Gasteiger partial charge in [0.15, 0.2) is 0 Å². The van der Waals surface area contributed by atoms with E-state index in [0.29, 0.717) is 6.61 Å². The lowest BCUT2D eigenvalue weighted by Crippen LogP contribution is -2.55. The molecule has 22 heavy (non-hydrogen) atoms. The molecule has 0 unspecified atom stereocenters. The molecule has 0 aromatic heterocycles. The maximum absolute atomic E-state index is 12.3. The van der Waals surface area contributed by atoms with Crippen molar-refractivity contribution < 1.29 is 19.1 Å². The summed E-state index contributed by atoms with van der Waals surface area (Å²) in [6, 6.07) is -1.37. The number of esters is 1. The van der Waals surface area contributed by atoms with Crippen molar-refractivity contribution in [2.75, 3.05) is 6.61 Å². The fraction of sp³-hybridized carbons (Fsp3) is 0.812. The van der Waals surface area contributed by atoms with Crippen LogP contribution in [0.5, 0.6) is 0 Å². The van der Waals surface area contributed by atoms with E-state index in [-0.39, 0.29) is 23.7 Å². The molecule has 0 aromatic carbocycles. The summed E-state index contributed by atoms with van der Waals surface area (Å²) < 4.78 is 5.19. The summed E-state index contributed by atoms with van der Waals surface area (Å²) in [5.41, 5.74) is 0. The molecule has 0 aliphatic heterocycles. The Balaban J connectivity index is 4.81. The van der Waals surface area contributed by atoms with Gasteiger partial charge in [0, 0.05) is 6.92 Å². The lowest BCUT2D eigenvalue weighted by molar-refractivity contribution is -0.149. The molecule has 0 aliphatic carbocycles. The summed E-state index contributed by atoms with van der Waals surface area (Å²) in [6.07, 6.45) is 1.73. The van der Waals surface area contributed by atoms with Crippen molar-refractivity contribution in [3.05, 3.63) is 0 Å². The van der Waals surface area contributed by atoms with E-state index in [9.17, 15) is 14.4 Å². The van der Waals surface area contributed by atoms with Gasteiger partial charge >= 0.3 is 5.97 Å². The Kier molecular flexibility index (Phi) is 9.45. The molecule has 2 atom stereocenters. The van der Waals surface area contributed by atoms with Crippen LogP contribution in [0.1, 0.15) is 54.4 Å². The zero-order valence-electron chi connectivity index (χ0n) is 14.6. The second-order valence-electron chi connectivity index (χ2n) is 6.17. The van der Waals surface area contributed by atoms with Gasteiger partial charge in [0.25, 0.3) is 0 Å². The van der Waals surface area contributed by atoms with Gasteiger partial charge in [-0.1, -0.05) is 41.0 Å². The first-order valence-corrected chi connectivity index (χ1v) is 7.94. The minimum absolute atomic E-state index is 0.0761. The normalized spacial score (nSPS) is 13.6. The third kappa shape index (κ3) is 7.43. The van der Waals surface area contributed by atoms with E-state index in [4.69, 9.17) is 4.74 Å². The van der Waals surface area contributed by atoms with Crippen LogP contribution in [0.15, 0.2) is 0 Å². The second kappa shape index (κ2) is 10.2. The molecule has 0 spiro atoms. The zero-order chi connectivity index (χ0) is 17.3. The fourth-order valence-corrected chi connectivity index (χ4v) is 1.90. The first-order chi connectivity index (χ1) is 10.2. The molecule has 2 N–H and O–H groups in total. The van der Waals surface area contributed by atoms with Gasteiger partial charge in [0.2, 0.25) is 11.8 Å². The third-order valence-electron chi connectivity index (χ3n) is 3.27. The van der Waals surface area contributed by atoms with Crippen molar-refractivity contribution in [3.63, 3.8) is 0 Å². The molecule has 6 heteroatoms. The van der Waals surface area contributed by atoms with Crippen LogP contribution in [0.3, 0.4) is 0 Å². The largest absolute Gasteiger partial charge is 0.464 e. The third-order valence-corrected chi connectivity index (χ3v) is 3.27. The lowest BCUT2D eigenvalue weighted by Gasteiger charge is -2.26. The number of carbonyl (C=O) groups is 3. The lowest BCUT2D eigenvalue weighted by atomic mass is 10.0. The molecule has 128 valence electrons. The number of hydrogen-bond acceptors (Lipinski definition) is 4. The van der Waals surface area contributed by atoms with Crippen LogP contribution in [0.4, 0.5) is 0 Å². The number of rotatable bonds is 9. The highest BCUT2D eigenvalue weighted by Gasteiger charge is 2.30. The molecule has 0 saturated carbocycles. The molecule has 6 nitrogen and oxygen atoms in total. The van der Waals surface area contributed by atoms with E-state index in [1.807, 2.05) is 34.6 Å². The van der Waals surface area contributed by atoms with Crippen molar-refractivity contribution >= 4 is 17.8 Å². The number of amides is 2.